The van der Waals surface area contributed by atoms with Gasteiger partial charge < -0.3 is 9.80 Å². The molecule has 0 saturated carbocycles. The first-order chi connectivity index (χ1) is 9.66. The van der Waals surface area contributed by atoms with Crippen LogP contribution in [0.25, 0.3) is 0 Å². The van der Waals surface area contributed by atoms with Gasteiger partial charge in [-0.25, -0.2) is 0 Å². The average molecular weight is 288 g/mol. The summed E-state index contributed by atoms with van der Waals surface area (Å²) in [5, 5.41) is 0. The Kier molecular flexibility index (Phi) is 3.50. The predicted molar refractivity (Wildman–Crippen MR) is 79.2 cm³/mol. The molecule has 0 aliphatic carbocycles. The molecule has 1 amide bonds. The lowest BCUT2D eigenvalue weighted by atomic mass is 9.97. The minimum atomic E-state index is -0.0715. The van der Waals surface area contributed by atoms with Crippen LogP contribution in [0.5, 0.6) is 0 Å². The van der Waals surface area contributed by atoms with E-state index in [9.17, 15) is 4.79 Å². The summed E-state index contributed by atoms with van der Waals surface area (Å²) in [4.78, 5) is 16.6. The molecule has 0 saturated heterocycles. The molecule has 1 aliphatic rings. The van der Waals surface area contributed by atoms with E-state index in [1.165, 1.54) is 11.8 Å². The van der Waals surface area contributed by atoms with Gasteiger partial charge >= 0.3 is 0 Å². The SMILES string of the molecule is CN(C)C1Cc2ccccc2N(C(=O)c2cnsn2)C1. The largest absolute Gasteiger partial charge is 0.305 e. The Bertz CT molecular complexity index is 611. The third kappa shape index (κ3) is 2.32. The van der Waals surface area contributed by atoms with E-state index in [0.29, 0.717) is 18.3 Å². The molecule has 5 nitrogen and oxygen atoms in total. The van der Waals surface area contributed by atoms with E-state index in [1.54, 1.807) is 0 Å². The minimum Gasteiger partial charge on any atom is -0.305 e. The zero-order valence-electron chi connectivity index (χ0n) is 11.5. The quantitative estimate of drug-likeness (QED) is 0.843. The standard InChI is InChI=1S/C14H16N4OS/c1-17(2)11-7-10-5-3-4-6-13(10)18(9-11)14(19)12-8-15-20-16-12/h3-6,8,11H,7,9H2,1-2H3. The second-order valence-corrected chi connectivity index (χ2v) is 5.72. The monoisotopic (exact) mass is 288 g/mol. The van der Waals surface area contributed by atoms with Gasteiger partial charge in [0.1, 0.15) is 0 Å². The maximum atomic E-state index is 12.6. The highest BCUT2D eigenvalue weighted by atomic mass is 32.1. The van der Waals surface area contributed by atoms with Gasteiger partial charge in [-0.05, 0) is 32.1 Å². The Labute approximate surface area is 122 Å². The number of anilines is 1. The fraction of sp³-hybridized carbons (Fsp3) is 0.357. The smallest absolute Gasteiger partial charge is 0.279 e. The van der Waals surface area contributed by atoms with Gasteiger partial charge in [0.05, 0.1) is 17.9 Å². The Morgan fingerprint density at radius 1 is 1.40 bits per heavy atom. The van der Waals surface area contributed by atoms with Crippen molar-refractivity contribution in [3.63, 3.8) is 0 Å². The molecule has 1 unspecified atom stereocenters. The summed E-state index contributed by atoms with van der Waals surface area (Å²) in [6.07, 6.45) is 2.50. The topological polar surface area (TPSA) is 49.3 Å². The molecule has 0 N–H and O–H groups in total. The third-order valence-electron chi connectivity index (χ3n) is 3.69. The number of carbonyl (C=O) groups is 1. The van der Waals surface area contributed by atoms with Crippen molar-refractivity contribution in [2.45, 2.75) is 12.5 Å². The molecule has 104 valence electrons. The average Bonchev–Trinajstić information content (AvgIpc) is 2.99. The molecule has 2 aromatic rings. The number of amides is 1. The van der Waals surface area contributed by atoms with Crippen LogP contribution in [0.4, 0.5) is 5.69 Å². The Morgan fingerprint density at radius 3 is 2.90 bits per heavy atom. The van der Waals surface area contributed by atoms with E-state index in [4.69, 9.17) is 0 Å². The summed E-state index contributed by atoms with van der Waals surface area (Å²) in [5.41, 5.74) is 2.61. The van der Waals surface area contributed by atoms with Crippen molar-refractivity contribution in [1.82, 2.24) is 13.6 Å². The molecular formula is C14H16N4OS. The van der Waals surface area contributed by atoms with Crippen molar-refractivity contribution < 1.29 is 4.79 Å². The lowest BCUT2D eigenvalue weighted by Crippen LogP contribution is -2.48. The molecule has 1 aromatic carbocycles. The van der Waals surface area contributed by atoms with Crippen LogP contribution in [0.15, 0.2) is 30.5 Å². The Hall–Kier alpha value is -1.79. The van der Waals surface area contributed by atoms with E-state index < -0.39 is 0 Å². The molecule has 1 aromatic heterocycles. The Balaban J connectivity index is 1.99. The zero-order chi connectivity index (χ0) is 14.1. The molecule has 0 radical (unpaired) electrons. The zero-order valence-corrected chi connectivity index (χ0v) is 12.3. The highest BCUT2D eigenvalue weighted by Gasteiger charge is 2.30. The van der Waals surface area contributed by atoms with Crippen LogP contribution in [-0.4, -0.2) is 46.2 Å². The molecule has 1 aliphatic heterocycles. The van der Waals surface area contributed by atoms with Crippen LogP contribution in [0.3, 0.4) is 0 Å². The van der Waals surface area contributed by atoms with E-state index in [1.807, 2.05) is 37.2 Å². The number of likely N-dealkylation sites (N-methyl/N-ethyl adjacent to an activating group) is 1. The second kappa shape index (κ2) is 5.30. The first kappa shape index (κ1) is 13.2. The number of benzene rings is 1. The number of para-hydroxylation sites is 1. The summed E-state index contributed by atoms with van der Waals surface area (Å²) >= 11 is 1.06. The molecule has 20 heavy (non-hydrogen) atoms. The number of aromatic nitrogens is 2. The fourth-order valence-corrected chi connectivity index (χ4v) is 2.92. The fourth-order valence-electron chi connectivity index (χ4n) is 2.51. The van der Waals surface area contributed by atoms with Crippen LogP contribution in [-0.2, 0) is 6.42 Å². The highest BCUT2D eigenvalue weighted by Crippen LogP contribution is 2.29. The summed E-state index contributed by atoms with van der Waals surface area (Å²) in [6.45, 7) is 0.681. The number of rotatable bonds is 2. The third-order valence-corrected chi connectivity index (χ3v) is 4.17. The van der Waals surface area contributed by atoms with Crippen LogP contribution < -0.4 is 4.90 Å². The van der Waals surface area contributed by atoms with Gasteiger partial charge in [-0.3, -0.25) is 4.79 Å². The molecule has 6 heteroatoms. The van der Waals surface area contributed by atoms with E-state index in [2.05, 4.69) is 19.7 Å². The van der Waals surface area contributed by atoms with Crippen LogP contribution in [0.1, 0.15) is 16.1 Å². The van der Waals surface area contributed by atoms with E-state index in [-0.39, 0.29) is 5.91 Å². The van der Waals surface area contributed by atoms with Crippen molar-refractivity contribution in [3.05, 3.63) is 41.7 Å². The molecular weight excluding hydrogens is 272 g/mol. The number of nitrogens with zero attached hydrogens (tertiary/aromatic N) is 4. The van der Waals surface area contributed by atoms with Crippen molar-refractivity contribution in [1.29, 1.82) is 0 Å². The van der Waals surface area contributed by atoms with Gasteiger partial charge in [0, 0.05) is 18.3 Å². The first-order valence-corrected chi connectivity index (χ1v) is 7.23. The van der Waals surface area contributed by atoms with Gasteiger partial charge in [0.25, 0.3) is 5.91 Å². The van der Waals surface area contributed by atoms with Gasteiger partial charge in [0.2, 0.25) is 0 Å². The van der Waals surface area contributed by atoms with Gasteiger partial charge in [-0.1, -0.05) is 18.2 Å². The maximum absolute atomic E-state index is 12.6. The lowest BCUT2D eigenvalue weighted by Gasteiger charge is -2.37. The van der Waals surface area contributed by atoms with Crippen molar-refractivity contribution in [3.8, 4) is 0 Å². The summed E-state index contributed by atoms with van der Waals surface area (Å²) in [6, 6.07) is 8.39. The number of carbonyl (C=O) groups excluding carboxylic acids is 1. The van der Waals surface area contributed by atoms with Crippen molar-refractivity contribution >= 4 is 23.3 Å². The highest BCUT2D eigenvalue weighted by molar-refractivity contribution is 6.99. The summed E-state index contributed by atoms with van der Waals surface area (Å²) in [5.74, 6) is -0.0715. The van der Waals surface area contributed by atoms with Gasteiger partial charge in [-0.2, -0.15) is 8.75 Å². The van der Waals surface area contributed by atoms with Gasteiger partial charge in [0.15, 0.2) is 5.69 Å². The maximum Gasteiger partial charge on any atom is 0.279 e. The molecule has 3 rings (SSSR count). The molecule has 1 atom stereocenters. The summed E-state index contributed by atoms with van der Waals surface area (Å²) in [7, 11) is 4.09. The Morgan fingerprint density at radius 2 is 2.20 bits per heavy atom. The lowest BCUT2D eigenvalue weighted by molar-refractivity contribution is 0.0972. The van der Waals surface area contributed by atoms with Crippen LogP contribution in [0, 0.1) is 0 Å². The number of hydrogen-bond acceptors (Lipinski definition) is 5. The van der Waals surface area contributed by atoms with E-state index >= 15 is 0 Å². The number of hydrogen-bond donors (Lipinski definition) is 0. The summed E-state index contributed by atoms with van der Waals surface area (Å²) < 4.78 is 7.98. The van der Waals surface area contributed by atoms with E-state index in [0.717, 1.165) is 23.8 Å². The molecule has 0 fully saturated rings. The molecule has 2 heterocycles. The second-order valence-electron chi connectivity index (χ2n) is 5.16. The molecule has 0 spiro atoms. The van der Waals surface area contributed by atoms with Crippen molar-refractivity contribution in [2.75, 3.05) is 25.5 Å². The number of fused-ring (bicyclic) bond motifs is 1. The normalized spacial score (nSPS) is 18.1. The first-order valence-electron chi connectivity index (χ1n) is 6.50. The van der Waals surface area contributed by atoms with Crippen LogP contribution >= 0.6 is 11.7 Å². The van der Waals surface area contributed by atoms with Crippen molar-refractivity contribution in [2.24, 2.45) is 0 Å². The predicted octanol–water partition coefficient (Wildman–Crippen LogP) is 1.67. The minimum absolute atomic E-state index is 0.0715. The van der Waals surface area contributed by atoms with Crippen LogP contribution in [0.2, 0.25) is 0 Å². The van der Waals surface area contributed by atoms with Gasteiger partial charge in [-0.15, -0.1) is 0 Å². The molecule has 0 bridgehead atoms.